The molecule has 3 atom stereocenters. The molecule has 1 aliphatic rings. The van der Waals surface area contributed by atoms with Gasteiger partial charge in [0.1, 0.15) is 0 Å². The Kier molecular flexibility index (Phi) is 6.29. The fraction of sp³-hybridized carbons (Fsp3) is 0.364. The molecular weight excluding hydrogens is 409 g/mol. The molecule has 1 saturated carbocycles. The minimum atomic E-state index is 0.0653. The summed E-state index contributed by atoms with van der Waals surface area (Å²) in [6, 6.07) is 18.6. The van der Waals surface area contributed by atoms with Crippen LogP contribution in [0.4, 0.5) is 0 Å². The van der Waals surface area contributed by atoms with Crippen LogP contribution in [0.3, 0.4) is 0 Å². The van der Waals surface area contributed by atoms with Crippen molar-refractivity contribution in [3.05, 3.63) is 60.2 Å². The zero-order chi connectivity index (χ0) is 19.5. The standard InChI is InChI=1S/C22H23Cl2N3S/c1-15-7-5-6-10-18(15)21-25-26-22(27(21)17-8-3-2-4-9-17)28-14-16-11-12-19(23)20(24)13-16/h2-10,16,19-20H,11-14H2,1H3/t16?,19-,20?/m0/s1. The summed E-state index contributed by atoms with van der Waals surface area (Å²) in [5.41, 5.74) is 3.37. The van der Waals surface area contributed by atoms with E-state index in [-0.39, 0.29) is 10.8 Å². The number of aryl methyl sites for hydroxylation is 1. The number of benzene rings is 2. The van der Waals surface area contributed by atoms with Gasteiger partial charge in [-0.3, -0.25) is 4.57 Å². The second-order valence-corrected chi connectivity index (χ2v) is 9.42. The average Bonchev–Trinajstić information content (AvgIpc) is 3.13. The maximum absolute atomic E-state index is 6.40. The predicted molar refractivity (Wildman–Crippen MR) is 119 cm³/mol. The first kappa shape index (κ1) is 19.8. The Morgan fingerprint density at radius 2 is 1.71 bits per heavy atom. The van der Waals surface area contributed by atoms with Crippen molar-refractivity contribution in [2.45, 2.75) is 42.1 Å². The van der Waals surface area contributed by atoms with Gasteiger partial charge in [-0.05, 0) is 49.8 Å². The molecule has 4 rings (SSSR count). The van der Waals surface area contributed by atoms with E-state index >= 15 is 0 Å². The largest absolute Gasteiger partial charge is 0.270 e. The third kappa shape index (κ3) is 4.24. The Morgan fingerprint density at radius 1 is 0.964 bits per heavy atom. The highest BCUT2D eigenvalue weighted by Crippen LogP contribution is 2.36. The SMILES string of the molecule is Cc1ccccc1-c1nnc(SCC2CC[C@H](Cl)C(Cl)C2)n1-c1ccccc1. The number of thioether (sulfide) groups is 1. The normalized spacial score (nSPS) is 22.3. The Morgan fingerprint density at radius 3 is 2.46 bits per heavy atom. The van der Waals surface area contributed by atoms with Gasteiger partial charge in [0.25, 0.3) is 0 Å². The van der Waals surface area contributed by atoms with Gasteiger partial charge in [-0.2, -0.15) is 0 Å². The lowest BCUT2D eigenvalue weighted by molar-refractivity contribution is 0.400. The van der Waals surface area contributed by atoms with E-state index in [1.807, 2.05) is 30.3 Å². The number of para-hydroxylation sites is 1. The zero-order valence-electron chi connectivity index (χ0n) is 15.8. The third-order valence-electron chi connectivity index (χ3n) is 5.28. The van der Waals surface area contributed by atoms with Crippen LogP contribution >= 0.6 is 35.0 Å². The molecule has 0 N–H and O–H groups in total. The number of hydrogen-bond acceptors (Lipinski definition) is 3. The fourth-order valence-electron chi connectivity index (χ4n) is 3.67. The van der Waals surface area contributed by atoms with E-state index in [9.17, 15) is 0 Å². The van der Waals surface area contributed by atoms with Gasteiger partial charge in [0.2, 0.25) is 0 Å². The van der Waals surface area contributed by atoms with E-state index in [2.05, 4.69) is 46.0 Å². The van der Waals surface area contributed by atoms with Crippen LogP contribution in [0.1, 0.15) is 24.8 Å². The lowest BCUT2D eigenvalue weighted by atomic mass is 9.90. The van der Waals surface area contributed by atoms with Crippen LogP contribution in [0.5, 0.6) is 0 Å². The topological polar surface area (TPSA) is 30.7 Å². The number of alkyl halides is 2. The molecule has 2 unspecified atom stereocenters. The van der Waals surface area contributed by atoms with Gasteiger partial charge < -0.3 is 0 Å². The first-order valence-electron chi connectivity index (χ1n) is 9.61. The van der Waals surface area contributed by atoms with Crippen molar-refractivity contribution >= 4 is 35.0 Å². The molecule has 28 heavy (non-hydrogen) atoms. The van der Waals surface area contributed by atoms with E-state index in [1.165, 1.54) is 5.56 Å². The molecule has 0 radical (unpaired) electrons. The second-order valence-electron chi connectivity index (χ2n) is 7.31. The Balaban J connectivity index is 1.64. The number of aromatic nitrogens is 3. The van der Waals surface area contributed by atoms with Crippen LogP contribution in [-0.2, 0) is 0 Å². The molecule has 0 spiro atoms. The van der Waals surface area contributed by atoms with Crippen LogP contribution < -0.4 is 0 Å². The van der Waals surface area contributed by atoms with E-state index in [1.54, 1.807) is 11.8 Å². The first-order valence-corrected chi connectivity index (χ1v) is 11.5. The van der Waals surface area contributed by atoms with E-state index in [0.717, 1.165) is 47.2 Å². The lowest BCUT2D eigenvalue weighted by Crippen LogP contribution is -2.27. The van der Waals surface area contributed by atoms with Gasteiger partial charge in [-0.1, -0.05) is 54.2 Å². The molecule has 3 aromatic rings. The van der Waals surface area contributed by atoms with Crippen molar-refractivity contribution in [1.29, 1.82) is 0 Å². The Bertz CT molecular complexity index is 929. The molecule has 3 nitrogen and oxygen atoms in total. The van der Waals surface area contributed by atoms with Crippen LogP contribution in [-0.4, -0.2) is 31.3 Å². The molecule has 0 saturated heterocycles. The van der Waals surface area contributed by atoms with Crippen LogP contribution in [0.25, 0.3) is 17.1 Å². The minimum absolute atomic E-state index is 0.0653. The molecule has 6 heteroatoms. The van der Waals surface area contributed by atoms with Crippen LogP contribution in [0, 0.1) is 12.8 Å². The van der Waals surface area contributed by atoms with Gasteiger partial charge in [0.05, 0.1) is 5.38 Å². The van der Waals surface area contributed by atoms with Crippen molar-refractivity contribution in [2.75, 3.05) is 5.75 Å². The highest BCUT2D eigenvalue weighted by Gasteiger charge is 2.28. The first-order chi connectivity index (χ1) is 13.6. The van der Waals surface area contributed by atoms with Gasteiger partial charge >= 0.3 is 0 Å². The predicted octanol–water partition coefficient (Wildman–Crippen LogP) is 6.35. The smallest absolute Gasteiger partial charge is 0.196 e. The van der Waals surface area contributed by atoms with Crippen molar-refractivity contribution in [3.8, 4) is 17.1 Å². The molecular formula is C22H23Cl2N3S. The summed E-state index contributed by atoms with van der Waals surface area (Å²) < 4.78 is 2.17. The summed E-state index contributed by atoms with van der Waals surface area (Å²) in [5.74, 6) is 2.42. The zero-order valence-corrected chi connectivity index (χ0v) is 18.1. The number of hydrogen-bond donors (Lipinski definition) is 0. The number of nitrogens with zero attached hydrogens (tertiary/aromatic N) is 3. The maximum atomic E-state index is 6.40. The van der Waals surface area contributed by atoms with E-state index in [0.29, 0.717) is 5.92 Å². The van der Waals surface area contributed by atoms with Crippen molar-refractivity contribution in [1.82, 2.24) is 14.8 Å². The van der Waals surface area contributed by atoms with E-state index < -0.39 is 0 Å². The lowest BCUT2D eigenvalue weighted by Gasteiger charge is -2.28. The van der Waals surface area contributed by atoms with Gasteiger partial charge in [-0.15, -0.1) is 33.4 Å². The van der Waals surface area contributed by atoms with Crippen LogP contribution in [0.15, 0.2) is 59.8 Å². The maximum Gasteiger partial charge on any atom is 0.196 e. The molecule has 146 valence electrons. The molecule has 1 aliphatic carbocycles. The molecule has 1 aromatic heterocycles. The average molecular weight is 432 g/mol. The van der Waals surface area contributed by atoms with Gasteiger partial charge in [0.15, 0.2) is 11.0 Å². The highest BCUT2D eigenvalue weighted by atomic mass is 35.5. The summed E-state index contributed by atoms with van der Waals surface area (Å²) in [4.78, 5) is 0. The molecule has 0 aliphatic heterocycles. The van der Waals surface area contributed by atoms with Crippen molar-refractivity contribution in [3.63, 3.8) is 0 Å². The quantitative estimate of drug-likeness (QED) is 0.348. The second kappa shape index (κ2) is 8.89. The molecule has 0 amide bonds. The fourth-order valence-corrected chi connectivity index (χ4v) is 5.39. The van der Waals surface area contributed by atoms with Gasteiger partial charge in [0, 0.05) is 22.4 Å². The molecule has 1 heterocycles. The number of rotatable bonds is 5. The summed E-state index contributed by atoms with van der Waals surface area (Å²) in [6.07, 6.45) is 3.07. The highest BCUT2D eigenvalue weighted by molar-refractivity contribution is 7.99. The summed E-state index contributed by atoms with van der Waals surface area (Å²) in [5, 5.41) is 10.2. The minimum Gasteiger partial charge on any atom is -0.270 e. The summed E-state index contributed by atoms with van der Waals surface area (Å²) >= 11 is 14.4. The monoisotopic (exact) mass is 431 g/mol. The van der Waals surface area contributed by atoms with Crippen molar-refractivity contribution < 1.29 is 0 Å². The molecule has 0 bridgehead atoms. The number of halogens is 2. The third-order valence-corrected chi connectivity index (χ3v) is 7.58. The van der Waals surface area contributed by atoms with Crippen molar-refractivity contribution in [2.24, 2.45) is 5.92 Å². The van der Waals surface area contributed by atoms with E-state index in [4.69, 9.17) is 23.2 Å². The Labute approximate surface area is 180 Å². The van der Waals surface area contributed by atoms with Crippen LogP contribution in [0.2, 0.25) is 0 Å². The van der Waals surface area contributed by atoms with Gasteiger partial charge in [-0.25, -0.2) is 0 Å². The molecule has 1 fully saturated rings. The Hall–Kier alpha value is -1.49. The molecule has 2 aromatic carbocycles. The summed E-state index contributed by atoms with van der Waals surface area (Å²) in [6.45, 7) is 2.11. The summed E-state index contributed by atoms with van der Waals surface area (Å²) in [7, 11) is 0.